The molecule has 2 aromatic rings. The van der Waals surface area contributed by atoms with Crippen LogP contribution in [0.25, 0.3) is 0 Å². The van der Waals surface area contributed by atoms with Gasteiger partial charge in [0.2, 0.25) is 0 Å². The zero-order chi connectivity index (χ0) is 21.2. The number of hydrogen-bond donors (Lipinski definition) is 3. The normalized spacial score (nSPS) is 16.9. The molecule has 1 aliphatic heterocycles. The van der Waals surface area contributed by atoms with Crippen LogP contribution in [-0.2, 0) is 17.8 Å². The van der Waals surface area contributed by atoms with E-state index in [0.29, 0.717) is 18.3 Å². The minimum Gasteiger partial charge on any atom is -0.453 e. The smallest absolute Gasteiger partial charge is 0.411 e. The highest BCUT2D eigenvalue weighted by Crippen LogP contribution is 2.19. The molecule has 3 N–H and O–H groups in total. The van der Waals surface area contributed by atoms with Gasteiger partial charge in [-0.3, -0.25) is 15.2 Å². The van der Waals surface area contributed by atoms with Crippen LogP contribution in [-0.4, -0.2) is 50.2 Å². The van der Waals surface area contributed by atoms with E-state index in [0.717, 1.165) is 31.2 Å². The Kier molecular flexibility index (Phi) is 8.09. The maximum absolute atomic E-state index is 11.3. The van der Waals surface area contributed by atoms with E-state index in [4.69, 9.17) is 0 Å². The minimum atomic E-state index is -0.473. The van der Waals surface area contributed by atoms with Crippen LogP contribution < -0.4 is 16.0 Å². The fraction of sp³-hybridized carbons (Fsp3) is 0.391. The molecular weight excluding hydrogens is 378 g/mol. The van der Waals surface area contributed by atoms with E-state index < -0.39 is 6.09 Å². The molecule has 30 heavy (non-hydrogen) atoms. The number of ether oxygens (including phenoxy) is 1. The van der Waals surface area contributed by atoms with Gasteiger partial charge in [-0.1, -0.05) is 42.5 Å². The molecule has 160 valence electrons. The number of carbonyl (C=O) groups is 1. The summed E-state index contributed by atoms with van der Waals surface area (Å²) in [5, 5.41) is 9.47. The lowest BCUT2D eigenvalue weighted by molar-refractivity contribution is 0.187. The fourth-order valence-corrected chi connectivity index (χ4v) is 3.65. The van der Waals surface area contributed by atoms with Gasteiger partial charge in [-0.2, -0.15) is 0 Å². The van der Waals surface area contributed by atoms with Crippen molar-refractivity contribution < 1.29 is 9.53 Å². The number of rotatable bonds is 7. The molecule has 7 heteroatoms. The first-order chi connectivity index (χ1) is 14.7. The van der Waals surface area contributed by atoms with Crippen LogP contribution in [0.4, 0.5) is 10.5 Å². The third-order valence-corrected chi connectivity index (χ3v) is 5.30. The maximum atomic E-state index is 11.3. The van der Waals surface area contributed by atoms with E-state index in [1.165, 1.54) is 25.5 Å². The molecular formula is C23H31N5O2. The van der Waals surface area contributed by atoms with E-state index in [1.54, 1.807) is 7.05 Å². The second-order valence-corrected chi connectivity index (χ2v) is 7.37. The SMILES string of the molecule is CN=C(NCc1ccc(NC(=O)OC)cc1)NCC1CCCN1Cc1ccccc1. The Morgan fingerprint density at radius 2 is 1.87 bits per heavy atom. The summed E-state index contributed by atoms with van der Waals surface area (Å²) < 4.78 is 4.60. The van der Waals surface area contributed by atoms with Crippen LogP contribution in [0, 0.1) is 0 Å². The van der Waals surface area contributed by atoms with Crippen molar-refractivity contribution in [3.05, 3.63) is 65.7 Å². The summed E-state index contributed by atoms with van der Waals surface area (Å²) in [6, 6.07) is 18.8. The molecule has 0 spiro atoms. The number of nitrogens with zero attached hydrogens (tertiary/aromatic N) is 2. The van der Waals surface area contributed by atoms with Crippen LogP contribution in [0.15, 0.2) is 59.6 Å². The van der Waals surface area contributed by atoms with Crippen molar-refractivity contribution in [2.45, 2.75) is 32.0 Å². The Labute approximate surface area is 178 Å². The van der Waals surface area contributed by atoms with Gasteiger partial charge in [0.1, 0.15) is 0 Å². The highest BCUT2D eigenvalue weighted by molar-refractivity contribution is 5.84. The summed E-state index contributed by atoms with van der Waals surface area (Å²) in [5.74, 6) is 0.790. The molecule has 0 bridgehead atoms. The summed E-state index contributed by atoms with van der Waals surface area (Å²) in [7, 11) is 3.13. The standard InChI is InChI=1S/C23H31N5O2/c1-24-22(25-15-18-10-12-20(13-11-18)27-23(29)30-2)26-16-21-9-6-14-28(21)17-19-7-4-3-5-8-19/h3-5,7-8,10-13,21H,6,9,14-17H2,1-2H3,(H,27,29)(H2,24,25,26). The van der Waals surface area contributed by atoms with Crippen molar-refractivity contribution >= 4 is 17.7 Å². The first-order valence-electron chi connectivity index (χ1n) is 10.3. The van der Waals surface area contributed by atoms with Gasteiger partial charge < -0.3 is 15.4 Å². The van der Waals surface area contributed by atoms with Crippen molar-refractivity contribution in [1.82, 2.24) is 15.5 Å². The predicted octanol–water partition coefficient (Wildman–Crippen LogP) is 3.19. The van der Waals surface area contributed by atoms with Crippen LogP contribution in [0.1, 0.15) is 24.0 Å². The van der Waals surface area contributed by atoms with Gasteiger partial charge in [0.05, 0.1) is 7.11 Å². The van der Waals surface area contributed by atoms with E-state index >= 15 is 0 Å². The highest BCUT2D eigenvalue weighted by Gasteiger charge is 2.24. The third kappa shape index (κ3) is 6.49. The lowest BCUT2D eigenvalue weighted by atomic mass is 10.2. The number of likely N-dealkylation sites (tertiary alicyclic amines) is 1. The number of aliphatic imine (C=N–C) groups is 1. The molecule has 0 radical (unpaired) electrons. The number of guanidine groups is 1. The lowest BCUT2D eigenvalue weighted by Gasteiger charge is -2.25. The number of carbonyl (C=O) groups excluding carboxylic acids is 1. The molecule has 7 nitrogen and oxygen atoms in total. The summed E-state index contributed by atoms with van der Waals surface area (Å²) >= 11 is 0. The van der Waals surface area contributed by atoms with Gasteiger partial charge in [-0.15, -0.1) is 0 Å². The quantitative estimate of drug-likeness (QED) is 0.484. The summed E-state index contributed by atoms with van der Waals surface area (Å²) in [5.41, 5.74) is 3.16. The molecule has 1 aliphatic rings. The van der Waals surface area contributed by atoms with Crippen molar-refractivity contribution in [1.29, 1.82) is 0 Å². The van der Waals surface area contributed by atoms with E-state index in [-0.39, 0.29) is 0 Å². The van der Waals surface area contributed by atoms with Crippen LogP contribution >= 0.6 is 0 Å². The highest BCUT2D eigenvalue weighted by atomic mass is 16.5. The van der Waals surface area contributed by atoms with Crippen molar-refractivity contribution in [2.75, 3.05) is 32.6 Å². The zero-order valence-corrected chi connectivity index (χ0v) is 17.7. The number of benzene rings is 2. The third-order valence-electron chi connectivity index (χ3n) is 5.30. The Morgan fingerprint density at radius 1 is 1.10 bits per heavy atom. The van der Waals surface area contributed by atoms with Crippen molar-refractivity contribution in [3.8, 4) is 0 Å². The first-order valence-corrected chi connectivity index (χ1v) is 10.3. The van der Waals surface area contributed by atoms with Crippen LogP contribution in [0.3, 0.4) is 0 Å². The average Bonchev–Trinajstić information content (AvgIpc) is 3.22. The number of methoxy groups -OCH3 is 1. The number of nitrogens with one attached hydrogen (secondary N) is 3. The Balaban J connectivity index is 1.44. The summed E-state index contributed by atoms with van der Waals surface area (Å²) in [4.78, 5) is 18.1. The molecule has 1 amide bonds. The Morgan fingerprint density at radius 3 is 2.57 bits per heavy atom. The fourth-order valence-electron chi connectivity index (χ4n) is 3.65. The lowest BCUT2D eigenvalue weighted by Crippen LogP contribution is -2.44. The summed E-state index contributed by atoms with van der Waals surface area (Å²) in [6.07, 6.45) is 1.96. The van der Waals surface area contributed by atoms with E-state index in [2.05, 4.69) is 60.9 Å². The molecule has 2 aromatic carbocycles. The van der Waals surface area contributed by atoms with Gasteiger partial charge in [-0.25, -0.2) is 4.79 Å². The Bertz CT molecular complexity index is 823. The van der Waals surface area contributed by atoms with Gasteiger partial charge in [0, 0.05) is 38.4 Å². The first kappa shape index (κ1) is 21.6. The number of amides is 1. The average molecular weight is 410 g/mol. The van der Waals surface area contributed by atoms with Gasteiger partial charge in [0.25, 0.3) is 0 Å². The van der Waals surface area contributed by atoms with Gasteiger partial charge in [-0.05, 0) is 42.6 Å². The molecule has 1 heterocycles. The molecule has 1 atom stereocenters. The molecule has 0 aromatic heterocycles. The largest absolute Gasteiger partial charge is 0.453 e. The van der Waals surface area contributed by atoms with E-state index in [9.17, 15) is 4.79 Å². The number of hydrogen-bond acceptors (Lipinski definition) is 4. The maximum Gasteiger partial charge on any atom is 0.411 e. The molecule has 0 saturated carbocycles. The molecule has 1 fully saturated rings. The Hall–Kier alpha value is -3.06. The molecule has 1 saturated heterocycles. The number of anilines is 1. The summed E-state index contributed by atoms with van der Waals surface area (Å²) in [6.45, 7) is 3.65. The van der Waals surface area contributed by atoms with Crippen LogP contribution in [0.2, 0.25) is 0 Å². The molecule has 3 rings (SSSR count). The van der Waals surface area contributed by atoms with Crippen molar-refractivity contribution in [3.63, 3.8) is 0 Å². The molecule has 0 aliphatic carbocycles. The van der Waals surface area contributed by atoms with Crippen LogP contribution in [0.5, 0.6) is 0 Å². The molecule has 1 unspecified atom stereocenters. The topological polar surface area (TPSA) is 78.0 Å². The minimum absolute atomic E-state index is 0.473. The second kappa shape index (κ2) is 11.2. The monoisotopic (exact) mass is 409 g/mol. The van der Waals surface area contributed by atoms with Gasteiger partial charge in [0.15, 0.2) is 5.96 Å². The second-order valence-electron chi connectivity index (χ2n) is 7.37. The van der Waals surface area contributed by atoms with E-state index in [1.807, 2.05) is 24.3 Å². The van der Waals surface area contributed by atoms with Crippen molar-refractivity contribution in [2.24, 2.45) is 4.99 Å². The van der Waals surface area contributed by atoms with Gasteiger partial charge >= 0.3 is 6.09 Å². The predicted molar refractivity (Wildman–Crippen MR) is 121 cm³/mol. The zero-order valence-electron chi connectivity index (χ0n) is 17.7.